The fourth-order valence-corrected chi connectivity index (χ4v) is 3.87. The molecular weight excluding hydrogens is 441 g/mol. The quantitative estimate of drug-likeness (QED) is 0.521. The lowest BCUT2D eigenvalue weighted by Crippen LogP contribution is -2.16. The number of carbonyl (C=O) groups excluding carboxylic acids is 2. The summed E-state index contributed by atoms with van der Waals surface area (Å²) in [6.45, 7) is 0. The van der Waals surface area contributed by atoms with Crippen LogP contribution < -0.4 is 14.8 Å². The lowest BCUT2D eigenvalue weighted by molar-refractivity contribution is 0.0600. The van der Waals surface area contributed by atoms with E-state index < -0.39 is 32.6 Å². The second kappa shape index (κ2) is 9.43. The van der Waals surface area contributed by atoms with E-state index in [1.54, 1.807) is 12.1 Å². The van der Waals surface area contributed by atoms with Gasteiger partial charge in [-0.3, -0.25) is 14.5 Å². The Morgan fingerprint density at radius 2 is 1.81 bits per heavy atom. The summed E-state index contributed by atoms with van der Waals surface area (Å²) in [7, 11) is -1.93. The van der Waals surface area contributed by atoms with Gasteiger partial charge in [-0.15, -0.1) is 0 Å². The zero-order valence-electron chi connectivity index (χ0n) is 17.0. The molecule has 1 aromatic heterocycles. The fraction of sp³-hybridized carbons (Fsp3) is 0.0952. The maximum absolute atomic E-state index is 14.2. The van der Waals surface area contributed by atoms with Gasteiger partial charge in [0.2, 0.25) is 0 Å². The minimum absolute atomic E-state index is 0.0455. The Kier molecular flexibility index (Phi) is 6.69. The number of nitrogens with one attached hydrogen (secondary N) is 2. The van der Waals surface area contributed by atoms with Crippen LogP contribution in [0.3, 0.4) is 0 Å². The number of methoxy groups -OCH3 is 2. The molecule has 0 unspecified atom stereocenters. The van der Waals surface area contributed by atoms with Crippen LogP contribution >= 0.6 is 0 Å². The van der Waals surface area contributed by atoms with E-state index >= 15 is 0 Å². The predicted molar refractivity (Wildman–Crippen MR) is 114 cm³/mol. The summed E-state index contributed by atoms with van der Waals surface area (Å²) < 4.78 is 51.6. The number of rotatable bonds is 7. The van der Waals surface area contributed by atoms with Crippen molar-refractivity contribution in [3.05, 3.63) is 77.9 Å². The third-order valence-electron chi connectivity index (χ3n) is 4.27. The second-order valence-electron chi connectivity index (χ2n) is 6.35. The number of benzene rings is 2. The van der Waals surface area contributed by atoms with Crippen molar-refractivity contribution < 1.29 is 31.9 Å². The van der Waals surface area contributed by atoms with Gasteiger partial charge in [0.05, 0.1) is 36.7 Å². The second-order valence-corrected chi connectivity index (χ2v) is 8.00. The minimum atomic E-state index is -4.40. The summed E-state index contributed by atoms with van der Waals surface area (Å²) in [4.78, 5) is 27.1. The standard InChI is InChI=1S/C21H18FN3O6S/c1-30-18-11-15(6-8-17(18)24-20(26)14-4-3-9-23-12-14)25-32(28,29)19-10-13(21(27)31-2)5-7-16(19)22/h3-12,25H,1-2H3,(H,24,26). The topological polar surface area (TPSA) is 124 Å². The van der Waals surface area contributed by atoms with Crippen LogP contribution in [0, 0.1) is 5.82 Å². The molecule has 3 aromatic rings. The lowest BCUT2D eigenvalue weighted by Gasteiger charge is -2.14. The molecule has 0 atom stereocenters. The highest BCUT2D eigenvalue weighted by Crippen LogP contribution is 2.30. The zero-order chi connectivity index (χ0) is 23.3. The molecule has 0 bridgehead atoms. The number of hydrogen-bond acceptors (Lipinski definition) is 7. The van der Waals surface area contributed by atoms with Crippen LogP contribution in [-0.4, -0.2) is 39.5 Å². The molecule has 2 N–H and O–H groups in total. The number of pyridine rings is 1. The highest BCUT2D eigenvalue weighted by Gasteiger charge is 2.22. The molecule has 0 fully saturated rings. The van der Waals surface area contributed by atoms with Crippen LogP contribution in [-0.2, 0) is 14.8 Å². The number of nitrogens with zero attached hydrogens (tertiary/aromatic N) is 1. The minimum Gasteiger partial charge on any atom is -0.494 e. The molecule has 0 saturated carbocycles. The number of halogens is 1. The Labute approximate surface area is 183 Å². The van der Waals surface area contributed by atoms with Crippen LogP contribution in [0.2, 0.25) is 0 Å². The van der Waals surface area contributed by atoms with E-state index in [2.05, 4.69) is 19.8 Å². The summed E-state index contributed by atoms with van der Waals surface area (Å²) in [6.07, 6.45) is 2.92. The Hall–Kier alpha value is -3.99. The van der Waals surface area contributed by atoms with Crippen molar-refractivity contribution in [2.45, 2.75) is 4.90 Å². The van der Waals surface area contributed by atoms with Crippen LogP contribution in [0.15, 0.2) is 65.8 Å². The molecule has 9 nitrogen and oxygen atoms in total. The summed E-state index contributed by atoms with van der Waals surface area (Å²) in [5, 5.41) is 2.64. The van der Waals surface area contributed by atoms with Gasteiger partial charge < -0.3 is 14.8 Å². The SMILES string of the molecule is COC(=O)c1ccc(F)c(S(=O)(=O)Nc2ccc(NC(=O)c3cccnc3)c(OC)c2)c1. The van der Waals surface area contributed by atoms with Crippen molar-refractivity contribution in [1.82, 2.24) is 4.98 Å². The van der Waals surface area contributed by atoms with Crippen LogP contribution in [0.1, 0.15) is 20.7 Å². The van der Waals surface area contributed by atoms with Gasteiger partial charge in [0.25, 0.3) is 15.9 Å². The van der Waals surface area contributed by atoms with Gasteiger partial charge in [0.1, 0.15) is 16.5 Å². The first kappa shape index (κ1) is 22.7. The zero-order valence-corrected chi connectivity index (χ0v) is 17.8. The van der Waals surface area contributed by atoms with Crippen LogP contribution in [0.4, 0.5) is 15.8 Å². The van der Waals surface area contributed by atoms with Gasteiger partial charge in [-0.1, -0.05) is 0 Å². The summed E-state index contributed by atoms with van der Waals surface area (Å²) in [6, 6.07) is 10.1. The number of carbonyl (C=O) groups is 2. The molecule has 0 aliphatic rings. The maximum Gasteiger partial charge on any atom is 0.337 e. The van der Waals surface area contributed by atoms with E-state index in [9.17, 15) is 22.4 Å². The van der Waals surface area contributed by atoms with Crippen molar-refractivity contribution >= 4 is 33.3 Å². The van der Waals surface area contributed by atoms with Crippen LogP contribution in [0.25, 0.3) is 0 Å². The lowest BCUT2D eigenvalue weighted by atomic mass is 10.2. The van der Waals surface area contributed by atoms with E-state index in [1.165, 1.54) is 37.7 Å². The van der Waals surface area contributed by atoms with Crippen LogP contribution in [0.5, 0.6) is 5.75 Å². The number of esters is 1. The van der Waals surface area contributed by atoms with Gasteiger partial charge in [0, 0.05) is 18.5 Å². The van der Waals surface area contributed by atoms with Gasteiger partial charge in [-0.05, 0) is 42.5 Å². The Balaban J connectivity index is 1.86. The number of anilines is 2. The smallest absolute Gasteiger partial charge is 0.337 e. The number of sulfonamides is 1. The fourth-order valence-electron chi connectivity index (χ4n) is 2.71. The van der Waals surface area contributed by atoms with Crippen molar-refractivity contribution in [2.75, 3.05) is 24.3 Å². The summed E-state index contributed by atoms with van der Waals surface area (Å²) in [5.74, 6) is -2.13. The molecule has 0 aliphatic heterocycles. The van der Waals surface area contributed by atoms with E-state index in [4.69, 9.17) is 4.74 Å². The van der Waals surface area contributed by atoms with Gasteiger partial charge in [-0.25, -0.2) is 17.6 Å². The molecule has 2 aromatic carbocycles. The highest BCUT2D eigenvalue weighted by atomic mass is 32.2. The molecule has 1 heterocycles. The highest BCUT2D eigenvalue weighted by molar-refractivity contribution is 7.92. The first-order valence-electron chi connectivity index (χ1n) is 9.05. The van der Waals surface area contributed by atoms with Crippen molar-refractivity contribution in [2.24, 2.45) is 0 Å². The Bertz CT molecular complexity index is 1270. The summed E-state index contributed by atoms with van der Waals surface area (Å²) >= 11 is 0. The molecule has 166 valence electrons. The van der Waals surface area contributed by atoms with Gasteiger partial charge >= 0.3 is 5.97 Å². The third kappa shape index (κ3) is 5.01. The van der Waals surface area contributed by atoms with E-state index in [1.807, 2.05) is 0 Å². The molecule has 3 rings (SSSR count). The van der Waals surface area contributed by atoms with E-state index in [0.29, 0.717) is 5.56 Å². The van der Waals surface area contributed by atoms with Gasteiger partial charge in [0.15, 0.2) is 0 Å². The predicted octanol–water partition coefficient (Wildman–Crippen LogP) is 3.07. The maximum atomic E-state index is 14.2. The Morgan fingerprint density at radius 3 is 2.47 bits per heavy atom. The number of ether oxygens (including phenoxy) is 2. The first-order chi connectivity index (χ1) is 15.2. The number of hydrogen-bond donors (Lipinski definition) is 2. The average Bonchev–Trinajstić information content (AvgIpc) is 2.80. The largest absolute Gasteiger partial charge is 0.494 e. The third-order valence-corrected chi connectivity index (χ3v) is 5.66. The van der Waals surface area contributed by atoms with Crippen molar-refractivity contribution in [3.8, 4) is 5.75 Å². The average molecular weight is 459 g/mol. The molecule has 0 radical (unpaired) electrons. The first-order valence-corrected chi connectivity index (χ1v) is 10.5. The molecule has 0 saturated heterocycles. The van der Waals surface area contributed by atoms with Gasteiger partial charge in [-0.2, -0.15) is 0 Å². The Morgan fingerprint density at radius 1 is 1.03 bits per heavy atom. The number of aromatic nitrogens is 1. The molecule has 0 spiro atoms. The van der Waals surface area contributed by atoms with E-state index in [-0.39, 0.29) is 22.7 Å². The molecular formula is C21H18FN3O6S. The van der Waals surface area contributed by atoms with Crippen molar-refractivity contribution in [3.63, 3.8) is 0 Å². The number of amides is 1. The molecule has 11 heteroatoms. The van der Waals surface area contributed by atoms with Crippen molar-refractivity contribution in [1.29, 1.82) is 0 Å². The normalized spacial score (nSPS) is 10.8. The molecule has 32 heavy (non-hydrogen) atoms. The van der Waals surface area contributed by atoms with E-state index in [0.717, 1.165) is 25.3 Å². The molecule has 0 aliphatic carbocycles. The monoisotopic (exact) mass is 459 g/mol. The summed E-state index contributed by atoms with van der Waals surface area (Å²) in [5.41, 5.74) is 0.521. The molecule has 1 amide bonds.